The summed E-state index contributed by atoms with van der Waals surface area (Å²) in [7, 11) is 0. The molecule has 4 aliphatic carbocycles. The molecule has 7 atom stereocenters. The maximum atomic E-state index is 12.4. The molecule has 1 spiro atoms. The molecule has 0 aromatic heterocycles. The average Bonchev–Trinajstić information content (AvgIpc) is 3.18. The van der Waals surface area contributed by atoms with E-state index < -0.39 is 0 Å². The summed E-state index contributed by atoms with van der Waals surface area (Å²) in [4.78, 5) is 23.7. The fourth-order valence-electron chi connectivity index (χ4n) is 6.73. The summed E-state index contributed by atoms with van der Waals surface area (Å²) < 4.78 is 11.5. The third-order valence-corrected chi connectivity index (χ3v) is 7.88. The molecule has 4 heteroatoms. The Labute approximate surface area is 143 Å². The Morgan fingerprint density at radius 2 is 2.17 bits per heavy atom. The third kappa shape index (κ3) is 1.78. The van der Waals surface area contributed by atoms with Gasteiger partial charge >= 0.3 is 5.97 Å². The van der Waals surface area contributed by atoms with Crippen LogP contribution in [0.15, 0.2) is 11.6 Å². The maximum absolute atomic E-state index is 12.4. The van der Waals surface area contributed by atoms with Crippen molar-refractivity contribution in [1.29, 1.82) is 0 Å². The van der Waals surface area contributed by atoms with Crippen molar-refractivity contribution < 1.29 is 19.1 Å². The molecule has 0 aromatic carbocycles. The van der Waals surface area contributed by atoms with Gasteiger partial charge in [-0.2, -0.15) is 0 Å². The molecule has 0 aromatic rings. The summed E-state index contributed by atoms with van der Waals surface area (Å²) in [6.45, 7) is 3.91. The Morgan fingerprint density at radius 1 is 1.33 bits per heavy atom. The number of hydrogen-bond donors (Lipinski definition) is 0. The predicted molar refractivity (Wildman–Crippen MR) is 87.1 cm³/mol. The fourth-order valence-corrected chi connectivity index (χ4v) is 6.73. The molecular formula is C20H26O4. The lowest BCUT2D eigenvalue weighted by molar-refractivity contribution is -0.148. The minimum absolute atomic E-state index is 0.0475. The predicted octanol–water partition coefficient (Wildman–Crippen LogP) is 3.19. The first-order valence-corrected chi connectivity index (χ1v) is 9.53. The summed E-state index contributed by atoms with van der Waals surface area (Å²) in [6, 6.07) is 0. The van der Waals surface area contributed by atoms with Crippen molar-refractivity contribution in [1.82, 2.24) is 0 Å². The zero-order valence-corrected chi connectivity index (χ0v) is 14.5. The van der Waals surface area contributed by atoms with Gasteiger partial charge in [0.05, 0.1) is 6.10 Å². The van der Waals surface area contributed by atoms with Crippen LogP contribution in [0.25, 0.3) is 0 Å². The molecule has 5 rings (SSSR count). The quantitative estimate of drug-likeness (QED) is 0.421. The zero-order chi connectivity index (χ0) is 16.7. The molecule has 0 unspecified atom stereocenters. The highest BCUT2D eigenvalue weighted by Crippen LogP contribution is 2.68. The number of hydrogen-bond acceptors (Lipinski definition) is 4. The van der Waals surface area contributed by atoms with E-state index in [2.05, 4.69) is 13.0 Å². The molecule has 5 aliphatic rings. The lowest BCUT2D eigenvalue weighted by atomic mass is 9.50. The van der Waals surface area contributed by atoms with Gasteiger partial charge in [0.25, 0.3) is 0 Å². The van der Waals surface area contributed by atoms with Crippen LogP contribution in [0, 0.1) is 23.2 Å². The van der Waals surface area contributed by atoms with E-state index in [1.165, 1.54) is 12.5 Å². The van der Waals surface area contributed by atoms with Crippen LogP contribution >= 0.6 is 0 Å². The minimum Gasteiger partial charge on any atom is -0.462 e. The van der Waals surface area contributed by atoms with E-state index >= 15 is 0 Å². The van der Waals surface area contributed by atoms with E-state index in [-0.39, 0.29) is 29.2 Å². The number of epoxide rings is 1. The molecule has 130 valence electrons. The number of ether oxygens (including phenoxy) is 2. The van der Waals surface area contributed by atoms with Gasteiger partial charge in [0, 0.05) is 25.7 Å². The highest BCUT2D eigenvalue weighted by molar-refractivity contribution is 5.93. The molecule has 0 amide bonds. The van der Waals surface area contributed by atoms with Crippen LogP contribution in [0.1, 0.15) is 58.8 Å². The third-order valence-electron chi connectivity index (χ3n) is 7.88. The van der Waals surface area contributed by atoms with Crippen LogP contribution in [0.5, 0.6) is 0 Å². The molecule has 0 radical (unpaired) electrons. The van der Waals surface area contributed by atoms with E-state index in [0.717, 1.165) is 38.5 Å². The Kier molecular flexibility index (Phi) is 2.97. The Hall–Kier alpha value is -1.16. The van der Waals surface area contributed by atoms with Crippen LogP contribution in [0.2, 0.25) is 0 Å². The van der Waals surface area contributed by atoms with Crippen molar-refractivity contribution in [3.63, 3.8) is 0 Å². The molecule has 0 bridgehead atoms. The average molecular weight is 330 g/mol. The fraction of sp³-hybridized carbons (Fsp3) is 0.800. The first-order chi connectivity index (χ1) is 11.4. The second kappa shape index (κ2) is 4.72. The summed E-state index contributed by atoms with van der Waals surface area (Å²) in [5.74, 6) is 1.85. The topological polar surface area (TPSA) is 55.9 Å². The largest absolute Gasteiger partial charge is 0.462 e. The molecule has 1 saturated heterocycles. The summed E-state index contributed by atoms with van der Waals surface area (Å²) in [5.41, 5.74) is 1.31. The van der Waals surface area contributed by atoms with E-state index in [4.69, 9.17) is 9.47 Å². The number of allylic oxidation sites excluding steroid dienone is 1. The number of fused-ring (bicyclic) bond motifs is 4. The Morgan fingerprint density at radius 3 is 2.96 bits per heavy atom. The molecule has 24 heavy (non-hydrogen) atoms. The van der Waals surface area contributed by atoms with Crippen LogP contribution in [-0.4, -0.2) is 29.6 Å². The maximum Gasteiger partial charge on any atom is 0.302 e. The zero-order valence-electron chi connectivity index (χ0n) is 14.5. The Bertz CT molecular complexity index is 652. The van der Waals surface area contributed by atoms with E-state index in [9.17, 15) is 9.59 Å². The second-order valence-corrected chi connectivity index (χ2v) is 8.83. The molecule has 3 saturated carbocycles. The van der Waals surface area contributed by atoms with Gasteiger partial charge in [-0.3, -0.25) is 9.59 Å². The monoisotopic (exact) mass is 330 g/mol. The summed E-state index contributed by atoms with van der Waals surface area (Å²) in [6.07, 6.45) is 9.41. The number of esters is 1. The molecule has 0 N–H and O–H groups in total. The van der Waals surface area contributed by atoms with Gasteiger partial charge in [0.15, 0.2) is 11.4 Å². The number of carbonyl (C=O) groups is 2. The lowest BCUT2D eigenvalue weighted by Crippen LogP contribution is -2.51. The van der Waals surface area contributed by atoms with Gasteiger partial charge in [0.1, 0.15) is 6.10 Å². The van der Waals surface area contributed by atoms with Gasteiger partial charge in [0.2, 0.25) is 0 Å². The van der Waals surface area contributed by atoms with Gasteiger partial charge in [-0.05, 0) is 49.4 Å². The minimum atomic E-state index is -0.377. The highest BCUT2D eigenvalue weighted by Gasteiger charge is 2.74. The van der Waals surface area contributed by atoms with Crippen molar-refractivity contribution in [2.45, 2.75) is 76.6 Å². The number of carbonyl (C=O) groups excluding carboxylic acids is 2. The molecule has 1 aliphatic heterocycles. The number of ketones is 1. The van der Waals surface area contributed by atoms with Crippen molar-refractivity contribution in [3.05, 3.63) is 11.6 Å². The summed E-state index contributed by atoms with van der Waals surface area (Å²) in [5, 5.41) is 0. The molecule has 4 nitrogen and oxygen atoms in total. The van der Waals surface area contributed by atoms with E-state index in [0.29, 0.717) is 30.0 Å². The van der Waals surface area contributed by atoms with Gasteiger partial charge in [-0.1, -0.05) is 18.6 Å². The second-order valence-electron chi connectivity index (χ2n) is 8.83. The smallest absolute Gasteiger partial charge is 0.302 e. The van der Waals surface area contributed by atoms with Crippen LogP contribution in [0.4, 0.5) is 0 Å². The lowest BCUT2D eigenvalue weighted by Gasteiger charge is -2.53. The normalized spacial score (nSPS) is 51.7. The van der Waals surface area contributed by atoms with Crippen molar-refractivity contribution >= 4 is 11.8 Å². The first kappa shape index (κ1) is 15.1. The molecular weight excluding hydrogens is 304 g/mol. The van der Waals surface area contributed by atoms with E-state index in [1.807, 2.05) is 0 Å². The van der Waals surface area contributed by atoms with Crippen molar-refractivity contribution in [2.75, 3.05) is 0 Å². The van der Waals surface area contributed by atoms with Crippen LogP contribution in [-0.2, 0) is 19.1 Å². The highest BCUT2D eigenvalue weighted by atomic mass is 16.6. The van der Waals surface area contributed by atoms with Crippen molar-refractivity contribution in [3.8, 4) is 0 Å². The first-order valence-electron chi connectivity index (χ1n) is 9.53. The van der Waals surface area contributed by atoms with Crippen molar-refractivity contribution in [2.24, 2.45) is 23.2 Å². The van der Waals surface area contributed by atoms with Crippen LogP contribution < -0.4 is 0 Å². The Balaban J connectivity index is 1.44. The van der Waals surface area contributed by atoms with Gasteiger partial charge in [-0.25, -0.2) is 0 Å². The van der Waals surface area contributed by atoms with E-state index in [1.54, 1.807) is 0 Å². The standard InChI is InChI=1S/C20H26O4/c1-11(21)23-13-7-8-19(2)12(9-13)3-4-14-15-5-6-17(22)20(15)18(24-20)10-16(14)19/h3,13-16,18H,4-10H2,1-2H3/t13-,14-,15-,16-,18+,19-,20+/m0/s1. The number of rotatable bonds is 1. The van der Waals surface area contributed by atoms with Crippen LogP contribution in [0.3, 0.4) is 0 Å². The SMILES string of the molecule is CC(=O)O[C@H]1CC[C@@]2(C)C(=CC[C@H]3[C@@H]4CCC(=O)[C@]45O[C@@H]5C[C@@H]32)C1. The summed E-state index contributed by atoms with van der Waals surface area (Å²) >= 11 is 0. The van der Waals surface area contributed by atoms with Gasteiger partial charge in [-0.15, -0.1) is 0 Å². The number of Topliss-reactive ketones (excluding diaryl/α,β-unsaturated/α-hetero) is 1. The van der Waals surface area contributed by atoms with Gasteiger partial charge < -0.3 is 9.47 Å². The molecule has 1 heterocycles. The molecule has 4 fully saturated rings.